The fourth-order valence-corrected chi connectivity index (χ4v) is 2.53. The van der Waals surface area contributed by atoms with E-state index in [1.807, 2.05) is 6.92 Å². The van der Waals surface area contributed by atoms with Crippen molar-refractivity contribution in [3.05, 3.63) is 11.3 Å². The van der Waals surface area contributed by atoms with E-state index in [9.17, 15) is 4.79 Å². The molecule has 2 nitrogen and oxygen atoms in total. The first-order chi connectivity index (χ1) is 4.99. The predicted octanol–water partition coefficient (Wildman–Crippen LogP) is 1.83. The lowest BCUT2D eigenvalue weighted by atomic mass is 10.2. The van der Waals surface area contributed by atoms with Crippen molar-refractivity contribution in [2.24, 2.45) is 0 Å². The van der Waals surface area contributed by atoms with Crippen LogP contribution in [0.1, 0.15) is 13.8 Å². The van der Waals surface area contributed by atoms with Gasteiger partial charge in [0, 0.05) is 5.57 Å². The maximum atomic E-state index is 11.1. The molecular formula is C7H10O2S2. The number of thiol groups is 1. The summed E-state index contributed by atoms with van der Waals surface area (Å²) in [6.07, 6.45) is 0. The summed E-state index contributed by atoms with van der Waals surface area (Å²) in [6, 6.07) is 0. The molecular weight excluding hydrogens is 180 g/mol. The molecule has 0 saturated heterocycles. The second kappa shape index (κ2) is 2.75. The van der Waals surface area contributed by atoms with E-state index in [2.05, 4.69) is 12.6 Å². The summed E-state index contributed by atoms with van der Waals surface area (Å²) < 4.78 is 4.59. The summed E-state index contributed by atoms with van der Waals surface area (Å²) >= 11 is 5.49. The highest BCUT2D eigenvalue weighted by Gasteiger charge is 2.39. The minimum Gasteiger partial charge on any atom is -0.498 e. The first-order valence-electron chi connectivity index (χ1n) is 3.20. The zero-order valence-corrected chi connectivity index (χ0v) is 8.38. The summed E-state index contributed by atoms with van der Waals surface area (Å²) in [4.78, 5) is 11.1. The Hall–Kier alpha value is -0.0900. The van der Waals surface area contributed by atoms with Crippen LogP contribution in [0.15, 0.2) is 11.3 Å². The number of ether oxygens (including phenoxy) is 1. The number of carbonyl (C=O) groups is 1. The highest BCUT2D eigenvalue weighted by Crippen LogP contribution is 2.46. The van der Waals surface area contributed by atoms with Gasteiger partial charge in [0.05, 0.1) is 7.11 Å². The first-order valence-corrected chi connectivity index (χ1v) is 4.46. The highest BCUT2D eigenvalue weighted by atomic mass is 32.2. The van der Waals surface area contributed by atoms with E-state index >= 15 is 0 Å². The molecule has 0 spiro atoms. The van der Waals surface area contributed by atoms with Gasteiger partial charge in [-0.3, -0.25) is 4.79 Å². The van der Waals surface area contributed by atoms with Gasteiger partial charge in [-0.05, 0) is 13.8 Å². The van der Waals surface area contributed by atoms with Crippen LogP contribution in [0.25, 0.3) is 0 Å². The summed E-state index contributed by atoms with van der Waals surface area (Å²) in [6.45, 7) is 3.61. The molecule has 1 aliphatic heterocycles. The van der Waals surface area contributed by atoms with E-state index in [0.29, 0.717) is 11.3 Å². The average molecular weight is 190 g/mol. The third kappa shape index (κ3) is 1.42. The third-order valence-electron chi connectivity index (χ3n) is 1.56. The fraction of sp³-hybridized carbons (Fsp3) is 0.571. The molecule has 0 radical (unpaired) electrons. The molecule has 4 heteroatoms. The Kier molecular flexibility index (Phi) is 2.25. The minimum absolute atomic E-state index is 0.0550. The van der Waals surface area contributed by atoms with Gasteiger partial charge >= 0.3 is 0 Å². The molecule has 1 unspecified atom stereocenters. The van der Waals surface area contributed by atoms with Crippen LogP contribution in [0.3, 0.4) is 0 Å². The summed E-state index contributed by atoms with van der Waals surface area (Å²) in [5, 5.41) is 0.0550. The molecule has 0 fully saturated rings. The van der Waals surface area contributed by atoms with Crippen LogP contribution in [0, 0.1) is 0 Å². The molecule has 62 valence electrons. The predicted molar refractivity (Wildman–Crippen MR) is 49.7 cm³/mol. The van der Waals surface area contributed by atoms with Gasteiger partial charge in [-0.25, -0.2) is 0 Å². The van der Waals surface area contributed by atoms with Crippen molar-refractivity contribution in [3.63, 3.8) is 0 Å². The first kappa shape index (κ1) is 9.00. The van der Waals surface area contributed by atoms with Crippen LogP contribution in [-0.2, 0) is 9.53 Å². The molecule has 0 saturated carbocycles. The van der Waals surface area contributed by atoms with E-state index in [-0.39, 0.29) is 5.12 Å². The van der Waals surface area contributed by atoms with E-state index in [1.165, 1.54) is 11.8 Å². The average Bonchev–Trinajstić information content (AvgIpc) is 2.03. The number of carbonyl (C=O) groups excluding carboxylic acids is 1. The summed E-state index contributed by atoms with van der Waals surface area (Å²) in [5.41, 5.74) is 0.676. The SMILES string of the molecule is COC1=C(C)C(=O)SC1(C)S. The molecule has 11 heavy (non-hydrogen) atoms. The van der Waals surface area contributed by atoms with Crippen molar-refractivity contribution >= 4 is 29.5 Å². The van der Waals surface area contributed by atoms with Crippen LogP contribution in [0.2, 0.25) is 0 Å². The van der Waals surface area contributed by atoms with Crippen molar-refractivity contribution in [2.75, 3.05) is 7.11 Å². The number of hydrogen-bond acceptors (Lipinski definition) is 4. The molecule has 1 rings (SSSR count). The number of hydrogen-bond donors (Lipinski definition) is 1. The lowest BCUT2D eigenvalue weighted by molar-refractivity contribution is -0.107. The van der Waals surface area contributed by atoms with Gasteiger partial charge in [0.2, 0.25) is 5.12 Å². The largest absolute Gasteiger partial charge is 0.498 e. The van der Waals surface area contributed by atoms with E-state index in [4.69, 9.17) is 4.74 Å². The fourth-order valence-electron chi connectivity index (χ4n) is 1.09. The Labute approximate surface area is 75.8 Å². The number of thioether (sulfide) groups is 1. The zero-order valence-electron chi connectivity index (χ0n) is 6.67. The maximum absolute atomic E-state index is 11.1. The maximum Gasteiger partial charge on any atom is 0.220 e. The zero-order chi connectivity index (χ0) is 8.65. The monoisotopic (exact) mass is 190 g/mol. The van der Waals surface area contributed by atoms with Gasteiger partial charge in [-0.2, -0.15) is 12.6 Å². The molecule has 0 amide bonds. The molecule has 0 aromatic carbocycles. The molecule has 0 N–H and O–H groups in total. The van der Waals surface area contributed by atoms with Crippen LogP contribution < -0.4 is 0 Å². The topological polar surface area (TPSA) is 26.3 Å². The van der Waals surface area contributed by atoms with Crippen LogP contribution >= 0.6 is 24.4 Å². The highest BCUT2D eigenvalue weighted by molar-refractivity contribution is 8.23. The van der Waals surface area contributed by atoms with Crippen molar-refractivity contribution in [2.45, 2.75) is 17.9 Å². The Balaban J connectivity index is 3.06. The van der Waals surface area contributed by atoms with Gasteiger partial charge in [0.1, 0.15) is 9.84 Å². The third-order valence-corrected chi connectivity index (χ3v) is 3.12. The molecule has 0 aromatic rings. The second-order valence-electron chi connectivity index (χ2n) is 2.53. The van der Waals surface area contributed by atoms with Crippen LogP contribution in [-0.4, -0.2) is 16.3 Å². The van der Waals surface area contributed by atoms with Crippen molar-refractivity contribution < 1.29 is 9.53 Å². The Morgan fingerprint density at radius 1 is 1.64 bits per heavy atom. The molecule has 0 aromatic heterocycles. The van der Waals surface area contributed by atoms with Crippen molar-refractivity contribution in [1.29, 1.82) is 0 Å². The molecule has 1 aliphatic rings. The Morgan fingerprint density at radius 3 is 2.36 bits per heavy atom. The Bertz CT molecular complexity index is 231. The van der Waals surface area contributed by atoms with Crippen molar-refractivity contribution in [1.82, 2.24) is 0 Å². The van der Waals surface area contributed by atoms with E-state index < -0.39 is 4.08 Å². The van der Waals surface area contributed by atoms with Gasteiger partial charge in [0.25, 0.3) is 0 Å². The van der Waals surface area contributed by atoms with Crippen LogP contribution in [0.5, 0.6) is 0 Å². The van der Waals surface area contributed by atoms with Gasteiger partial charge in [-0.15, -0.1) is 0 Å². The number of methoxy groups -OCH3 is 1. The lowest BCUT2D eigenvalue weighted by Crippen LogP contribution is -2.12. The quantitative estimate of drug-likeness (QED) is 0.639. The normalized spacial score (nSPS) is 31.5. The van der Waals surface area contributed by atoms with Crippen LogP contribution in [0.4, 0.5) is 0 Å². The smallest absolute Gasteiger partial charge is 0.220 e. The summed E-state index contributed by atoms with van der Waals surface area (Å²) in [5.74, 6) is 0.677. The van der Waals surface area contributed by atoms with Crippen molar-refractivity contribution in [3.8, 4) is 0 Å². The Morgan fingerprint density at radius 2 is 2.18 bits per heavy atom. The molecule has 1 heterocycles. The van der Waals surface area contributed by atoms with E-state index in [1.54, 1.807) is 14.0 Å². The molecule has 0 aliphatic carbocycles. The lowest BCUT2D eigenvalue weighted by Gasteiger charge is -2.17. The molecule has 1 atom stereocenters. The standard InChI is InChI=1S/C7H10O2S2/c1-4-5(9-3)7(2,10)11-6(4)8/h10H,1-3H3. The summed E-state index contributed by atoms with van der Waals surface area (Å²) in [7, 11) is 1.56. The molecule has 0 bridgehead atoms. The van der Waals surface area contributed by atoms with E-state index in [0.717, 1.165) is 0 Å². The number of rotatable bonds is 1. The van der Waals surface area contributed by atoms with Gasteiger partial charge < -0.3 is 4.74 Å². The van der Waals surface area contributed by atoms with Gasteiger partial charge in [-0.1, -0.05) is 11.8 Å². The van der Waals surface area contributed by atoms with Gasteiger partial charge in [0.15, 0.2) is 0 Å². The minimum atomic E-state index is -0.476. The second-order valence-corrected chi connectivity index (χ2v) is 5.12.